The number of para-hydroxylation sites is 1. The molecule has 0 unspecified atom stereocenters. The number of fused-ring (bicyclic) bond motifs is 3. The Kier molecular flexibility index (Phi) is 7.64. The number of ether oxygens (including phenoxy) is 3. The molecule has 3 heterocycles. The summed E-state index contributed by atoms with van der Waals surface area (Å²) < 4.78 is 56.7. The van der Waals surface area contributed by atoms with Gasteiger partial charge in [-0.05, 0) is 37.6 Å². The minimum absolute atomic E-state index is 0. The Labute approximate surface area is 249 Å². The molecule has 2 atom stereocenters. The van der Waals surface area contributed by atoms with Gasteiger partial charge < -0.3 is 29.4 Å². The van der Waals surface area contributed by atoms with Crippen molar-refractivity contribution in [3.63, 3.8) is 0 Å². The average Bonchev–Trinajstić information content (AvgIpc) is 3.57. The number of anilines is 1. The second-order valence-electron chi connectivity index (χ2n) is 9.59. The van der Waals surface area contributed by atoms with Crippen LogP contribution in [-0.4, -0.2) is 41.5 Å². The number of aromatic nitrogens is 2. The van der Waals surface area contributed by atoms with Gasteiger partial charge in [0.2, 0.25) is 0 Å². The van der Waals surface area contributed by atoms with Crippen molar-refractivity contribution in [3.05, 3.63) is 71.5 Å². The molecule has 0 bridgehead atoms. The molecular formula is C28H23F3N3NaO5. The molecule has 12 heteroatoms. The quantitative estimate of drug-likeness (QED) is 0.341. The van der Waals surface area contributed by atoms with Crippen molar-refractivity contribution in [1.82, 2.24) is 9.55 Å². The number of carbonyl (C=O) groups is 1. The number of nitrogens with one attached hydrogen (secondary N) is 1. The zero-order valence-electron chi connectivity index (χ0n) is 21.7. The average molecular weight is 561 g/mol. The molecule has 40 heavy (non-hydrogen) atoms. The van der Waals surface area contributed by atoms with E-state index in [1.54, 1.807) is 12.1 Å². The molecule has 1 aromatic heterocycles. The predicted octanol–water partition coefficient (Wildman–Crippen LogP) is 1.44. The van der Waals surface area contributed by atoms with E-state index in [1.807, 2.05) is 47.9 Å². The Morgan fingerprint density at radius 3 is 2.73 bits per heavy atom. The molecule has 202 valence electrons. The maximum Gasteiger partial charge on any atom is 1.00 e. The van der Waals surface area contributed by atoms with Gasteiger partial charge in [-0.3, -0.25) is 4.57 Å². The van der Waals surface area contributed by atoms with Crippen LogP contribution in [0.25, 0.3) is 16.7 Å². The van der Waals surface area contributed by atoms with Crippen LogP contribution in [0.2, 0.25) is 0 Å². The summed E-state index contributed by atoms with van der Waals surface area (Å²) in [7, 11) is 0. The van der Waals surface area contributed by atoms with E-state index in [-0.39, 0.29) is 53.7 Å². The normalized spacial score (nSPS) is 17.4. The van der Waals surface area contributed by atoms with Gasteiger partial charge in [0, 0.05) is 40.8 Å². The van der Waals surface area contributed by atoms with Gasteiger partial charge in [-0.2, -0.15) is 13.2 Å². The van der Waals surface area contributed by atoms with Crippen LogP contribution in [0.5, 0.6) is 17.2 Å². The third-order valence-corrected chi connectivity index (χ3v) is 6.88. The predicted molar refractivity (Wildman–Crippen MR) is 134 cm³/mol. The van der Waals surface area contributed by atoms with E-state index in [4.69, 9.17) is 14.2 Å². The van der Waals surface area contributed by atoms with E-state index in [0.29, 0.717) is 47.3 Å². The number of aryl methyl sites for hydroxylation is 1. The number of hydrogen-bond donors (Lipinski definition) is 1. The minimum atomic E-state index is -4.44. The van der Waals surface area contributed by atoms with Gasteiger partial charge >= 0.3 is 35.7 Å². The van der Waals surface area contributed by atoms with Crippen LogP contribution in [0.4, 0.5) is 18.9 Å². The third kappa shape index (κ3) is 5.45. The second-order valence-corrected chi connectivity index (χ2v) is 9.59. The van der Waals surface area contributed by atoms with Crippen molar-refractivity contribution in [2.75, 3.05) is 25.1 Å². The summed E-state index contributed by atoms with van der Waals surface area (Å²) in [6.45, 7) is 1.09. The number of alkyl halides is 3. The van der Waals surface area contributed by atoms with E-state index in [9.17, 15) is 23.1 Å². The van der Waals surface area contributed by atoms with Gasteiger partial charge in [0.05, 0.1) is 29.4 Å². The van der Waals surface area contributed by atoms with Crippen LogP contribution >= 0.6 is 0 Å². The van der Waals surface area contributed by atoms with Gasteiger partial charge in [0.25, 0.3) is 0 Å². The molecule has 0 amide bonds. The van der Waals surface area contributed by atoms with Crippen molar-refractivity contribution in [3.8, 4) is 22.9 Å². The summed E-state index contributed by atoms with van der Waals surface area (Å²) >= 11 is 0. The molecule has 0 spiro atoms. The third-order valence-electron chi connectivity index (χ3n) is 6.88. The number of imidazole rings is 1. The summed E-state index contributed by atoms with van der Waals surface area (Å²) in [5, 5.41) is 14.5. The van der Waals surface area contributed by atoms with Crippen molar-refractivity contribution in [2.24, 2.45) is 0 Å². The minimum Gasteiger partial charge on any atom is -0.550 e. The molecule has 6 rings (SSSR count). The zero-order chi connectivity index (χ0) is 27.3. The molecule has 3 aromatic carbocycles. The molecule has 0 radical (unpaired) electrons. The first kappa shape index (κ1) is 28.1. The van der Waals surface area contributed by atoms with E-state index in [2.05, 4.69) is 10.3 Å². The van der Waals surface area contributed by atoms with Crippen LogP contribution < -0.4 is 54.2 Å². The van der Waals surface area contributed by atoms with Crippen LogP contribution in [0.15, 0.2) is 54.6 Å². The first-order chi connectivity index (χ1) is 18.7. The number of nitrogens with zero attached hydrogens (tertiary/aromatic N) is 2. The molecular weight excluding hydrogens is 538 g/mol. The number of carboxylic acid groups (broad SMARTS) is 1. The summed E-state index contributed by atoms with van der Waals surface area (Å²) in [6.07, 6.45) is -4.53. The number of halogens is 3. The second kappa shape index (κ2) is 10.9. The number of carbonyl (C=O) groups excluding carboxylic acids is 1. The van der Waals surface area contributed by atoms with Crippen molar-refractivity contribution in [2.45, 2.75) is 31.5 Å². The molecule has 2 aliphatic heterocycles. The van der Waals surface area contributed by atoms with Gasteiger partial charge in [-0.15, -0.1) is 0 Å². The summed E-state index contributed by atoms with van der Waals surface area (Å²) in [5.41, 5.74) is 4.48. The summed E-state index contributed by atoms with van der Waals surface area (Å²) in [5.74, 6) is 0.682. The first-order valence-electron chi connectivity index (χ1n) is 12.3. The maximum absolute atomic E-state index is 12.7. The smallest absolute Gasteiger partial charge is 0.550 e. The van der Waals surface area contributed by atoms with Gasteiger partial charge in [-0.25, -0.2) is 4.98 Å². The van der Waals surface area contributed by atoms with Crippen LogP contribution in [0.3, 0.4) is 0 Å². The van der Waals surface area contributed by atoms with Gasteiger partial charge in [0.1, 0.15) is 29.7 Å². The Hall–Kier alpha value is -3.41. The summed E-state index contributed by atoms with van der Waals surface area (Å²) in [4.78, 5) is 15.6. The fourth-order valence-corrected chi connectivity index (χ4v) is 5.20. The van der Waals surface area contributed by atoms with E-state index in [0.717, 1.165) is 16.8 Å². The molecule has 0 saturated carbocycles. The van der Waals surface area contributed by atoms with E-state index in [1.165, 1.54) is 6.07 Å². The fraction of sp³-hybridized carbons (Fsp3) is 0.286. The largest absolute Gasteiger partial charge is 1.00 e. The van der Waals surface area contributed by atoms with Crippen LogP contribution in [-0.2, 0) is 4.79 Å². The Morgan fingerprint density at radius 1 is 1.12 bits per heavy atom. The first-order valence-corrected chi connectivity index (χ1v) is 12.3. The number of rotatable bonds is 7. The molecule has 2 aliphatic rings. The molecule has 0 fully saturated rings. The van der Waals surface area contributed by atoms with Crippen molar-refractivity contribution < 1.29 is 66.8 Å². The van der Waals surface area contributed by atoms with E-state index >= 15 is 0 Å². The molecule has 0 aliphatic carbocycles. The Balaban J connectivity index is 0.00000323. The maximum atomic E-state index is 12.7. The van der Waals surface area contributed by atoms with Gasteiger partial charge in [-0.1, -0.05) is 18.2 Å². The van der Waals surface area contributed by atoms with Crippen molar-refractivity contribution in [1.29, 1.82) is 0 Å². The number of aliphatic carboxylic acids is 1. The number of benzene rings is 3. The molecule has 1 N–H and O–H groups in total. The number of carboxylic acids is 1. The molecule has 4 aromatic rings. The van der Waals surface area contributed by atoms with Crippen molar-refractivity contribution >= 4 is 22.7 Å². The van der Waals surface area contributed by atoms with E-state index < -0.39 is 18.8 Å². The number of hydrogen-bond acceptors (Lipinski definition) is 7. The fourth-order valence-electron chi connectivity index (χ4n) is 5.20. The van der Waals surface area contributed by atoms with Gasteiger partial charge in [0.15, 0.2) is 6.61 Å². The molecule has 8 nitrogen and oxygen atoms in total. The topological polar surface area (TPSA) is 97.7 Å². The Bertz CT molecular complexity index is 1590. The van der Waals surface area contributed by atoms with Crippen LogP contribution in [0.1, 0.15) is 35.3 Å². The van der Waals surface area contributed by atoms with Crippen LogP contribution in [0, 0.1) is 6.92 Å². The summed E-state index contributed by atoms with van der Waals surface area (Å²) in [6, 6.07) is 15.8. The zero-order valence-corrected chi connectivity index (χ0v) is 23.7. The standard InChI is InChI=1S/C28H24F3N3O5.Na/c1-15-32-21-8-6-18(39-14-28(29,30)31)11-24(21)34(15)23-4-2-3-20-22(13-38-27(20)23)33-17-5-7-19-16(9-26(35)36)12-37-25(19)10-17;/h2-8,10-11,16,22,33H,9,12-14H2,1H3,(H,35,36);/q;+1/p-1/t16-,22-;/m1./s1. The Morgan fingerprint density at radius 2 is 1.95 bits per heavy atom. The SMILES string of the molecule is Cc1nc2ccc(OCC(F)(F)F)cc2n1-c1cccc2c1OC[C@H]2Nc1ccc2c(c1)OC[C@H]2CC(=O)[O-].[Na+]. The molecule has 0 saturated heterocycles. The monoisotopic (exact) mass is 561 g/mol.